The van der Waals surface area contributed by atoms with E-state index < -0.39 is 9.84 Å². The molecule has 8 heteroatoms. The number of rotatable bonds is 5. The SMILES string of the molecule is CS(=O)(=O)C1CCN(C(=O)CCCN2C(=O)c3ccccc3C2=O)CC1. The van der Waals surface area contributed by atoms with Crippen LogP contribution in [-0.2, 0) is 14.6 Å². The van der Waals surface area contributed by atoms with E-state index in [-0.39, 0.29) is 35.9 Å². The van der Waals surface area contributed by atoms with Gasteiger partial charge in [0.1, 0.15) is 9.84 Å². The summed E-state index contributed by atoms with van der Waals surface area (Å²) in [5, 5.41) is -0.370. The zero-order valence-electron chi connectivity index (χ0n) is 14.7. The Labute approximate surface area is 152 Å². The van der Waals surface area contributed by atoms with Crippen LogP contribution in [0.5, 0.6) is 0 Å². The quantitative estimate of drug-likeness (QED) is 0.716. The van der Waals surface area contributed by atoms with E-state index >= 15 is 0 Å². The van der Waals surface area contributed by atoms with Gasteiger partial charge in [-0.3, -0.25) is 19.3 Å². The first-order valence-corrected chi connectivity index (χ1v) is 10.7. The number of amides is 3. The Morgan fingerprint density at radius 2 is 1.62 bits per heavy atom. The molecule has 1 aromatic rings. The number of benzene rings is 1. The highest BCUT2D eigenvalue weighted by atomic mass is 32.2. The highest BCUT2D eigenvalue weighted by molar-refractivity contribution is 7.91. The molecule has 3 rings (SSSR count). The second-order valence-corrected chi connectivity index (χ2v) is 9.15. The molecule has 0 bridgehead atoms. The van der Waals surface area contributed by atoms with E-state index in [0.29, 0.717) is 43.5 Å². The lowest BCUT2D eigenvalue weighted by atomic mass is 10.1. The standard InChI is InChI=1S/C18H22N2O5S/c1-26(24,25)13-8-11-19(12-9-13)16(21)7-4-10-20-17(22)14-5-2-3-6-15(14)18(20)23/h2-3,5-6,13H,4,7-12H2,1H3. The van der Waals surface area contributed by atoms with E-state index in [1.54, 1.807) is 29.2 Å². The van der Waals surface area contributed by atoms with Gasteiger partial charge in [-0.25, -0.2) is 8.42 Å². The third kappa shape index (κ3) is 3.65. The van der Waals surface area contributed by atoms with E-state index in [1.165, 1.54) is 11.2 Å². The highest BCUT2D eigenvalue weighted by Gasteiger charge is 2.35. The molecule has 0 radical (unpaired) electrons. The number of piperidine rings is 1. The lowest BCUT2D eigenvalue weighted by Crippen LogP contribution is -2.42. The summed E-state index contributed by atoms with van der Waals surface area (Å²) in [6.45, 7) is 1.07. The minimum Gasteiger partial charge on any atom is -0.343 e. The Morgan fingerprint density at radius 3 is 2.12 bits per heavy atom. The van der Waals surface area contributed by atoms with Crippen molar-refractivity contribution in [2.45, 2.75) is 30.9 Å². The Hall–Kier alpha value is -2.22. The minimum absolute atomic E-state index is 0.0615. The van der Waals surface area contributed by atoms with Gasteiger partial charge in [0.25, 0.3) is 11.8 Å². The number of carbonyl (C=O) groups excluding carboxylic acids is 3. The van der Waals surface area contributed by atoms with Gasteiger partial charge in [0.15, 0.2) is 0 Å². The first kappa shape index (κ1) is 18.6. The minimum atomic E-state index is -3.06. The van der Waals surface area contributed by atoms with Gasteiger partial charge in [-0.2, -0.15) is 0 Å². The molecule has 0 saturated carbocycles. The number of fused-ring (bicyclic) bond motifs is 1. The number of hydrogen-bond acceptors (Lipinski definition) is 5. The maximum atomic E-state index is 12.3. The van der Waals surface area contributed by atoms with Gasteiger partial charge in [0.05, 0.1) is 16.4 Å². The molecular formula is C18H22N2O5S. The van der Waals surface area contributed by atoms with Crippen molar-refractivity contribution in [1.29, 1.82) is 0 Å². The summed E-state index contributed by atoms with van der Waals surface area (Å²) < 4.78 is 23.1. The van der Waals surface area contributed by atoms with Crippen LogP contribution in [0.1, 0.15) is 46.4 Å². The molecule has 0 atom stereocenters. The predicted molar refractivity (Wildman–Crippen MR) is 95.5 cm³/mol. The molecule has 1 fully saturated rings. The molecule has 0 aliphatic carbocycles. The van der Waals surface area contributed by atoms with Crippen molar-refractivity contribution in [1.82, 2.24) is 9.80 Å². The van der Waals surface area contributed by atoms with Gasteiger partial charge in [0, 0.05) is 32.3 Å². The lowest BCUT2D eigenvalue weighted by Gasteiger charge is -2.31. The third-order valence-electron chi connectivity index (χ3n) is 5.05. The summed E-state index contributed by atoms with van der Waals surface area (Å²) in [5.74, 6) is -0.687. The summed E-state index contributed by atoms with van der Waals surface area (Å²) in [6, 6.07) is 6.70. The van der Waals surface area contributed by atoms with Crippen LogP contribution in [-0.4, -0.2) is 67.1 Å². The van der Waals surface area contributed by atoms with Gasteiger partial charge in [-0.05, 0) is 31.4 Å². The van der Waals surface area contributed by atoms with E-state index in [0.717, 1.165) is 0 Å². The smallest absolute Gasteiger partial charge is 0.261 e. The number of carbonyl (C=O) groups is 3. The highest BCUT2D eigenvalue weighted by Crippen LogP contribution is 2.23. The molecule has 140 valence electrons. The van der Waals surface area contributed by atoms with E-state index in [1.807, 2.05) is 0 Å². The number of hydrogen-bond donors (Lipinski definition) is 0. The van der Waals surface area contributed by atoms with E-state index in [4.69, 9.17) is 0 Å². The van der Waals surface area contributed by atoms with Crippen molar-refractivity contribution >= 4 is 27.6 Å². The molecule has 26 heavy (non-hydrogen) atoms. The van der Waals surface area contributed by atoms with Crippen LogP contribution < -0.4 is 0 Å². The van der Waals surface area contributed by atoms with Crippen molar-refractivity contribution < 1.29 is 22.8 Å². The second kappa shape index (κ2) is 7.19. The van der Waals surface area contributed by atoms with Gasteiger partial charge < -0.3 is 4.90 Å². The summed E-state index contributed by atoms with van der Waals surface area (Å²) in [5.41, 5.74) is 0.818. The van der Waals surface area contributed by atoms with Crippen LogP contribution in [0.3, 0.4) is 0 Å². The monoisotopic (exact) mass is 378 g/mol. The first-order chi connectivity index (χ1) is 12.3. The number of imide groups is 1. The molecule has 0 unspecified atom stereocenters. The van der Waals surface area contributed by atoms with E-state index in [9.17, 15) is 22.8 Å². The van der Waals surface area contributed by atoms with Gasteiger partial charge in [-0.15, -0.1) is 0 Å². The average Bonchev–Trinajstić information content (AvgIpc) is 2.86. The maximum absolute atomic E-state index is 12.3. The van der Waals surface area contributed by atoms with E-state index in [2.05, 4.69) is 0 Å². The Morgan fingerprint density at radius 1 is 1.08 bits per heavy atom. The van der Waals surface area contributed by atoms with Gasteiger partial charge >= 0.3 is 0 Å². The van der Waals surface area contributed by atoms with Crippen molar-refractivity contribution in [2.24, 2.45) is 0 Å². The van der Waals surface area contributed by atoms with Crippen molar-refractivity contribution in [3.05, 3.63) is 35.4 Å². The van der Waals surface area contributed by atoms with Crippen molar-refractivity contribution in [3.8, 4) is 0 Å². The zero-order valence-corrected chi connectivity index (χ0v) is 15.5. The van der Waals surface area contributed by atoms with Crippen LogP contribution in [0.2, 0.25) is 0 Å². The lowest BCUT2D eigenvalue weighted by molar-refractivity contribution is -0.132. The number of likely N-dealkylation sites (tertiary alicyclic amines) is 1. The number of sulfone groups is 1. The molecule has 2 aliphatic rings. The molecule has 0 spiro atoms. The van der Waals surface area contributed by atoms with Gasteiger partial charge in [0.2, 0.25) is 5.91 Å². The fourth-order valence-electron chi connectivity index (χ4n) is 3.52. The van der Waals surface area contributed by atoms with Crippen LogP contribution >= 0.6 is 0 Å². The average molecular weight is 378 g/mol. The zero-order chi connectivity index (χ0) is 18.9. The second-order valence-electron chi connectivity index (χ2n) is 6.82. The Balaban J connectivity index is 1.48. The van der Waals surface area contributed by atoms with Gasteiger partial charge in [-0.1, -0.05) is 12.1 Å². The largest absolute Gasteiger partial charge is 0.343 e. The third-order valence-corrected chi connectivity index (χ3v) is 6.73. The molecule has 1 aromatic carbocycles. The van der Waals surface area contributed by atoms with Crippen LogP contribution in [0.15, 0.2) is 24.3 Å². The molecule has 0 N–H and O–H groups in total. The fourth-order valence-corrected chi connectivity index (χ4v) is 4.59. The topological polar surface area (TPSA) is 91.8 Å². The summed E-state index contributed by atoms with van der Waals surface area (Å²) in [6.07, 6.45) is 2.79. The molecule has 1 saturated heterocycles. The summed E-state index contributed by atoms with van der Waals surface area (Å²) in [4.78, 5) is 39.7. The molecule has 7 nitrogen and oxygen atoms in total. The molecule has 3 amide bonds. The van der Waals surface area contributed by atoms with Crippen LogP contribution in [0, 0.1) is 0 Å². The van der Waals surface area contributed by atoms with Crippen LogP contribution in [0.4, 0.5) is 0 Å². The Bertz CT molecular complexity index is 806. The predicted octanol–water partition coefficient (Wildman–Crippen LogP) is 1.10. The summed E-state index contributed by atoms with van der Waals surface area (Å²) >= 11 is 0. The normalized spacial score (nSPS) is 18.3. The van der Waals surface area contributed by atoms with Crippen molar-refractivity contribution in [2.75, 3.05) is 25.9 Å². The van der Waals surface area contributed by atoms with Crippen molar-refractivity contribution in [3.63, 3.8) is 0 Å². The number of nitrogens with zero attached hydrogens (tertiary/aromatic N) is 2. The fraction of sp³-hybridized carbons (Fsp3) is 0.500. The molecule has 2 aliphatic heterocycles. The Kier molecular flexibility index (Phi) is 5.13. The summed E-state index contributed by atoms with van der Waals surface area (Å²) in [7, 11) is -3.06. The molecule has 0 aromatic heterocycles. The van der Waals surface area contributed by atoms with Crippen LogP contribution in [0.25, 0.3) is 0 Å². The molecule has 2 heterocycles. The maximum Gasteiger partial charge on any atom is 0.261 e. The first-order valence-electron chi connectivity index (χ1n) is 8.71. The molecular weight excluding hydrogens is 356 g/mol.